The number of esters is 2. The first kappa shape index (κ1) is 22.5. The van der Waals surface area contributed by atoms with Crippen LogP contribution in [0.2, 0.25) is 0 Å². The predicted octanol–water partition coefficient (Wildman–Crippen LogP) is 3.70. The van der Waals surface area contributed by atoms with Gasteiger partial charge in [-0.2, -0.15) is 0 Å². The minimum atomic E-state index is -1.30. The number of benzene rings is 2. The van der Waals surface area contributed by atoms with E-state index in [1.165, 1.54) is 0 Å². The van der Waals surface area contributed by atoms with E-state index in [0.717, 1.165) is 16.5 Å². The van der Waals surface area contributed by atoms with Crippen molar-refractivity contribution in [1.82, 2.24) is 0 Å². The number of fused-ring (bicyclic) bond motifs is 1. The van der Waals surface area contributed by atoms with Crippen LogP contribution in [0.15, 0.2) is 36.4 Å². The van der Waals surface area contributed by atoms with Crippen LogP contribution in [-0.2, 0) is 34.3 Å². The number of alkyl halides is 1. The molecule has 1 saturated heterocycles. The highest BCUT2D eigenvalue weighted by molar-refractivity contribution is 9.09. The zero-order valence-electron chi connectivity index (χ0n) is 17.2. The van der Waals surface area contributed by atoms with Crippen molar-refractivity contribution in [3.8, 4) is 5.75 Å². The average molecular weight is 481 g/mol. The van der Waals surface area contributed by atoms with E-state index in [2.05, 4.69) is 15.9 Å². The van der Waals surface area contributed by atoms with E-state index in [-0.39, 0.29) is 13.2 Å². The predicted molar refractivity (Wildman–Crippen MR) is 114 cm³/mol. The lowest BCUT2D eigenvalue weighted by Crippen LogP contribution is -2.39. The summed E-state index contributed by atoms with van der Waals surface area (Å²) in [6.07, 6.45) is -2.05. The molecule has 0 radical (unpaired) electrons. The Labute approximate surface area is 183 Å². The van der Waals surface area contributed by atoms with Gasteiger partial charge in [-0.1, -0.05) is 34.1 Å². The lowest BCUT2D eigenvalue weighted by Gasteiger charge is -2.28. The van der Waals surface area contributed by atoms with Gasteiger partial charge in [-0.25, -0.2) is 9.59 Å². The molecule has 0 spiro atoms. The van der Waals surface area contributed by atoms with E-state index >= 15 is 0 Å². The largest absolute Gasteiger partial charge is 0.497 e. The van der Waals surface area contributed by atoms with Crippen LogP contribution in [0.25, 0.3) is 10.8 Å². The van der Waals surface area contributed by atoms with E-state index in [4.69, 9.17) is 23.7 Å². The molecule has 30 heavy (non-hydrogen) atoms. The van der Waals surface area contributed by atoms with Gasteiger partial charge in [-0.3, -0.25) is 0 Å². The summed E-state index contributed by atoms with van der Waals surface area (Å²) in [5, 5.41) is 2.45. The lowest BCUT2D eigenvalue weighted by atomic mass is 9.99. The fourth-order valence-electron chi connectivity index (χ4n) is 3.46. The van der Waals surface area contributed by atoms with Gasteiger partial charge in [0.25, 0.3) is 0 Å². The Morgan fingerprint density at radius 2 is 1.53 bits per heavy atom. The van der Waals surface area contributed by atoms with Crippen molar-refractivity contribution >= 4 is 38.6 Å². The Hall–Kier alpha value is -2.16. The molecule has 2 aromatic carbocycles. The van der Waals surface area contributed by atoms with Crippen LogP contribution in [0.4, 0.5) is 0 Å². The minimum Gasteiger partial charge on any atom is -0.497 e. The molecule has 0 N–H and O–H groups in total. The van der Waals surface area contributed by atoms with Gasteiger partial charge in [-0.15, -0.1) is 0 Å². The Morgan fingerprint density at radius 1 is 0.967 bits per heavy atom. The van der Waals surface area contributed by atoms with Gasteiger partial charge >= 0.3 is 11.9 Å². The molecule has 1 aliphatic heterocycles. The van der Waals surface area contributed by atoms with E-state index in [9.17, 15) is 9.59 Å². The quantitative estimate of drug-likeness (QED) is 0.420. The van der Waals surface area contributed by atoms with E-state index in [1.54, 1.807) is 21.0 Å². The summed E-state index contributed by atoms with van der Waals surface area (Å²) in [4.78, 5) is 25.0. The average Bonchev–Trinajstić information content (AvgIpc) is 3.14. The van der Waals surface area contributed by atoms with Crippen molar-refractivity contribution in [2.45, 2.75) is 38.3 Å². The Kier molecular flexibility index (Phi) is 7.33. The van der Waals surface area contributed by atoms with Gasteiger partial charge in [0.1, 0.15) is 5.75 Å². The second kappa shape index (κ2) is 9.76. The van der Waals surface area contributed by atoms with Gasteiger partial charge in [0, 0.05) is 17.3 Å². The molecule has 0 amide bonds. The number of carbonyl (C=O) groups excluding carboxylic acids is 2. The molecule has 3 rings (SSSR count). The lowest BCUT2D eigenvalue weighted by molar-refractivity contribution is -0.197. The van der Waals surface area contributed by atoms with Gasteiger partial charge in [-0.05, 0) is 42.8 Å². The summed E-state index contributed by atoms with van der Waals surface area (Å²) in [7, 11) is 1.62. The Bertz CT molecular complexity index is 887. The summed E-state index contributed by atoms with van der Waals surface area (Å²) in [6.45, 7) is 3.71. The van der Waals surface area contributed by atoms with Crippen molar-refractivity contribution < 1.29 is 33.3 Å². The van der Waals surface area contributed by atoms with Crippen molar-refractivity contribution in [3.05, 3.63) is 42.0 Å². The molecule has 162 valence electrons. The first-order valence-electron chi connectivity index (χ1n) is 9.81. The molecule has 2 aromatic rings. The summed E-state index contributed by atoms with van der Waals surface area (Å²) < 4.78 is 27.7. The van der Waals surface area contributed by atoms with Crippen LogP contribution in [0.1, 0.15) is 25.8 Å². The van der Waals surface area contributed by atoms with E-state index in [0.29, 0.717) is 17.3 Å². The minimum absolute atomic E-state index is 0.164. The molecule has 0 saturated carbocycles. The monoisotopic (exact) mass is 480 g/mol. The van der Waals surface area contributed by atoms with Crippen molar-refractivity contribution in [2.24, 2.45) is 0 Å². The van der Waals surface area contributed by atoms with Gasteiger partial charge in [0.05, 0.1) is 20.3 Å². The SMILES string of the molecule is CCOC(=O)[C@@H]1OC(CCBr)(c2ccc3cc(OC)ccc3c2)O[C@H]1C(=O)OCC. The molecule has 0 unspecified atom stereocenters. The Balaban J connectivity index is 2.02. The Morgan fingerprint density at radius 3 is 2.07 bits per heavy atom. The third-order valence-corrected chi connectivity index (χ3v) is 5.25. The topological polar surface area (TPSA) is 80.3 Å². The highest BCUT2D eigenvalue weighted by Gasteiger charge is 2.55. The molecule has 0 bridgehead atoms. The third-order valence-electron chi connectivity index (χ3n) is 4.86. The molecule has 0 aliphatic carbocycles. The first-order valence-corrected chi connectivity index (χ1v) is 10.9. The molecule has 2 atom stereocenters. The summed E-state index contributed by atoms with van der Waals surface area (Å²) in [5.41, 5.74) is 0.695. The van der Waals surface area contributed by atoms with Crippen LogP contribution in [-0.4, -0.2) is 49.8 Å². The smallest absolute Gasteiger partial charge is 0.338 e. The zero-order chi connectivity index (χ0) is 21.7. The van der Waals surface area contributed by atoms with Crippen molar-refractivity contribution in [3.63, 3.8) is 0 Å². The molecule has 1 heterocycles. The van der Waals surface area contributed by atoms with Crippen LogP contribution >= 0.6 is 15.9 Å². The maximum absolute atomic E-state index is 12.5. The fraction of sp³-hybridized carbons (Fsp3) is 0.455. The number of hydrogen-bond donors (Lipinski definition) is 0. The normalized spacial score (nSPS) is 20.1. The second-order valence-electron chi connectivity index (χ2n) is 6.70. The van der Waals surface area contributed by atoms with Gasteiger partial charge in [0.15, 0.2) is 18.0 Å². The molecule has 0 aromatic heterocycles. The maximum atomic E-state index is 12.5. The first-order chi connectivity index (χ1) is 14.5. The summed E-state index contributed by atoms with van der Waals surface area (Å²) in [6, 6.07) is 11.4. The molecular weight excluding hydrogens is 456 g/mol. The third kappa shape index (κ3) is 4.45. The van der Waals surface area contributed by atoms with Gasteiger partial charge in [0.2, 0.25) is 0 Å². The van der Waals surface area contributed by atoms with Crippen LogP contribution in [0, 0.1) is 0 Å². The highest BCUT2D eigenvalue weighted by atomic mass is 79.9. The summed E-state index contributed by atoms with van der Waals surface area (Å²) >= 11 is 3.43. The molecule has 8 heteroatoms. The van der Waals surface area contributed by atoms with Crippen molar-refractivity contribution in [2.75, 3.05) is 25.7 Å². The molecular formula is C22H25BrO7. The molecule has 1 aliphatic rings. The molecule has 1 fully saturated rings. The number of rotatable bonds is 8. The molecule has 7 nitrogen and oxygen atoms in total. The summed E-state index contributed by atoms with van der Waals surface area (Å²) in [5.74, 6) is -1.86. The van der Waals surface area contributed by atoms with Crippen LogP contribution in [0.5, 0.6) is 5.75 Å². The number of carbonyl (C=O) groups is 2. The highest BCUT2D eigenvalue weighted by Crippen LogP contribution is 2.42. The zero-order valence-corrected chi connectivity index (χ0v) is 18.8. The maximum Gasteiger partial charge on any atom is 0.338 e. The fourth-order valence-corrected chi connectivity index (χ4v) is 3.99. The van der Waals surface area contributed by atoms with Crippen molar-refractivity contribution in [1.29, 1.82) is 0 Å². The van der Waals surface area contributed by atoms with Crippen LogP contribution in [0.3, 0.4) is 0 Å². The van der Waals surface area contributed by atoms with E-state index < -0.39 is 29.9 Å². The second-order valence-corrected chi connectivity index (χ2v) is 7.49. The van der Waals surface area contributed by atoms with Crippen LogP contribution < -0.4 is 4.74 Å². The number of ether oxygens (including phenoxy) is 5. The number of hydrogen-bond acceptors (Lipinski definition) is 7. The number of halogens is 1. The standard InChI is InChI=1S/C22H25BrO7/c1-4-27-20(24)18-19(21(25)28-5-2)30-22(29-18,10-11-23)16-8-6-15-13-17(26-3)9-7-14(15)12-16/h6-9,12-13,18-19H,4-5,10-11H2,1-3H3/t18-,19-/m1/s1. The van der Waals surface area contributed by atoms with Gasteiger partial charge < -0.3 is 23.7 Å². The number of methoxy groups -OCH3 is 1. The van der Waals surface area contributed by atoms with E-state index in [1.807, 2.05) is 36.4 Å².